The number of carbonyl (C=O) groups is 2. The maximum Gasteiger partial charge on any atom is 0.320 e. The number of aliphatic carboxylic acids is 1. The van der Waals surface area contributed by atoms with Gasteiger partial charge in [-0.25, -0.2) is 0 Å². The molecule has 0 bridgehead atoms. The molecule has 0 fully saturated rings. The van der Waals surface area contributed by atoms with Crippen LogP contribution in [0.1, 0.15) is 31.7 Å². The fraction of sp³-hybridized carbons (Fsp3) is 0.300. The number of aromatic hydroxyl groups is 1. The summed E-state index contributed by atoms with van der Waals surface area (Å²) >= 11 is 0. The van der Waals surface area contributed by atoms with E-state index in [1.165, 1.54) is 12.1 Å². The molecule has 0 heterocycles. The van der Waals surface area contributed by atoms with Crippen molar-refractivity contribution < 1.29 is 19.8 Å². The van der Waals surface area contributed by atoms with Crippen LogP contribution in [0.3, 0.4) is 0 Å². The number of primary amides is 1. The van der Waals surface area contributed by atoms with Gasteiger partial charge in [-0.1, -0.05) is 61.9 Å². The summed E-state index contributed by atoms with van der Waals surface area (Å²) in [5.74, 6) is -1.05. The Kier molecular flexibility index (Phi) is 12.9. The number of rotatable bonds is 6. The average Bonchev–Trinajstić information content (AvgIpc) is 2.64. The lowest BCUT2D eigenvalue weighted by molar-refractivity contribution is -0.138. The smallest absolute Gasteiger partial charge is 0.320 e. The van der Waals surface area contributed by atoms with Crippen molar-refractivity contribution in [2.24, 2.45) is 11.5 Å². The number of amides is 1. The summed E-state index contributed by atoms with van der Waals surface area (Å²) in [6.45, 7) is 2.03. The standard InChI is InChI=1S/C9H11NO3.C6H6.C5H11NO/c10-8(9(12)13)5-6-1-3-7(11)4-2-6;1-2-4-6-5-3-1;1-2-3-4-5(6)7/h1-4,8,11H,5,10H2,(H,12,13);1-6H;2-4H2,1H3,(H2,6,7). The summed E-state index contributed by atoms with van der Waals surface area (Å²) < 4.78 is 0. The molecule has 2 aromatic carbocycles. The second-order valence-electron chi connectivity index (χ2n) is 5.54. The highest BCUT2D eigenvalue weighted by Crippen LogP contribution is 2.10. The minimum atomic E-state index is -1.02. The van der Waals surface area contributed by atoms with E-state index in [-0.39, 0.29) is 18.1 Å². The van der Waals surface area contributed by atoms with Crippen LogP contribution in [0.25, 0.3) is 0 Å². The third kappa shape index (κ3) is 13.6. The first-order valence-electron chi connectivity index (χ1n) is 8.41. The second-order valence-corrected chi connectivity index (χ2v) is 5.54. The van der Waals surface area contributed by atoms with E-state index in [2.05, 4.69) is 0 Å². The Morgan fingerprint density at radius 3 is 1.77 bits per heavy atom. The molecule has 26 heavy (non-hydrogen) atoms. The van der Waals surface area contributed by atoms with Crippen molar-refractivity contribution >= 4 is 11.9 Å². The van der Waals surface area contributed by atoms with Gasteiger partial charge in [0.05, 0.1) is 0 Å². The molecule has 1 amide bonds. The number of phenols is 1. The number of carbonyl (C=O) groups excluding carboxylic acids is 1. The number of carboxylic acid groups (broad SMARTS) is 1. The molecular formula is C20H28N2O4. The van der Waals surface area contributed by atoms with Crippen LogP contribution in [0.2, 0.25) is 0 Å². The summed E-state index contributed by atoms with van der Waals surface area (Å²) in [5, 5.41) is 17.5. The van der Waals surface area contributed by atoms with Crippen molar-refractivity contribution in [3.63, 3.8) is 0 Å². The Bertz CT molecular complexity index is 589. The second kappa shape index (κ2) is 14.5. The van der Waals surface area contributed by atoms with E-state index < -0.39 is 12.0 Å². The molecule has 2 aromatic rings. The fourth-order valence-corrected chi connectivity index (χ4v) is 1.71. The highest BCUT2D eigenvalue weighted by molar-refractivity contribution is 5.73. The van der Waals surface area contributed by atoms with Crippen molar-refractivity contribution in [3.05, 3.63) is 66.2 Å². The first-order chi connectivity index (χ1) is 12.4. The summed E-state index contributed by atoms with van der Waals surface area (Å²) in [6, 6.07) is 17.4. The Balaban J connectivity index is 0.000000404. The van der Waals surface area contributed by atoms with Gasteiger partial charge in [-0.3, -0.25) is 9.59 Å². The van der Waals surface area contributed by atoms with Crippen LogP contribution >= 0.6 is 0 Å². The van der Waals surface area contributed by atoms with E-state index in [4.69, 9.17) is 21.7 Å². The molecule has 0 spiro atoms. The van der Waals surface area contributed by atoms with E-state index in [9.17, 15) is 9.59 Å². The van der Waals surface area contributed by atoms with Gasteiger partial charge >= 0.3 is 5.97 Å². The number of phenolic OH excluding ortho intramolecular Hbond substituents is 1. The number of benzene rings is 2. The Hall–Kier alpha value is -2.86. The average molecular weight is 360 g/mol. The molecule has 0 saturated carbocycles. The van der Waals surface area contributed by atoms with Gasteiger partial charge < -0.3 is 21.7 Å². The van der Waals surface area contributed by atoms with Crippen molar-refractivity contribution in [3.8, 4) is 5.75 Å². The van der Waals surface area contributed by atoms with Gasteiger partial charge in [0, 0.05) is 6.42 Å². The summed E-state index contributed by atoms with van der Waals surface area (Å²) in [7, 11) is 0. The van der Waals surface area contributed by atoms with Crippen LogP contribution in [0.15, 0.2) is 60.7 Å². The van der Waals surface area contributed by atoms with Gasteiger partial charge in [0.2, 0.25) is 5.91 Å². The van der Waals surface area contributed by atoms with Crippen LogP contribution in [0.4, 0.5) is 0 Å². The van der Waals surface area contributed by atoms with E-state index in [1.807, 2.05) is 43.3 Å². The van der Waals surface area contributed by atoms with Crippen molar-refractivity contribution in [1.29, 1.82) is 0 Å². The molecule has 0 aliphatic carbocycles. The van der Waals surface area contributed by atoms with Crippen molar-refractivity contribution in [2.45, 2.75) is 38.6 Å². The molecule has 2 rings (SSSR count). The van der Waals surface area contributed by atoms with Crippen LogP contribution in [0, 0.1) is 0 Å². The van der Waals surface area contributed by atoms with Crippen LogP contribution in [0.5, 0.6) is 5.75 Å². The SMILES string of the molecule is CCCCC(N)=O.NC(Cc1ccc(O)cc1)C(=O)O.c1ccccc1. The molecule has 142 valence electrons. The van der Waals surface area contributed by atoms with Crippen LogP contribution in [-0.4, -0.2) is 28.1 Å². The Morgan fingerprint density at radius 1 is 1.00 bits per heavy atom. The normalized spacial score (nSPS) is 10.4. The predicted octanol–water partition coefficient (Wildman–Crippen LogP) is 2.70. The summed E-state index contributed by atoms with van der Waals surface area (Å²) in [6.07, 6.45) is 2.78. The molecule has 6 heteroatoms. The minimum Gasteiger partial charge on any atom is -0.508 e. The zero-order chi connectivity index (χ0) is 19.8. The van der Waals surface area contributed by atoms with Crippen molar-refractivity contribution in [1.82, 2.24) is 0 Å². The van der Waals surface area contributed by atoms with Gasteiger partial charge in [-0.05, 0) is 30.5 Å². The minimum absolute atomic E-state index is 0.160. The van der Waals surface area contributed by atoms with Gasteiger partial charge in [-0.2, -0.15) is 0 Å². The molecule has 1 atom stereocenters. The quantitative estimate of drug-likeness (QED) is 0.630. The Morgan fingerprint density at radius 2 is 1.46 bits per heavy atom. The molecular weight excluding hydrogens is 332 g/mol. The van der Waals surface area contributed by atoms with E-state index in [1.54, 1.807) is 12.1 Å². The molecule has 0 saturated heterocycles. The van der Waals surface area contributed by atoms with E-state index in [0.29, 0.717) is 6.42 Å². The number of unbranched alkanes of at least 4 members (excludes halogenated alkanes) is 1. The molecule has 0 aliphatic rings. The summed E-state index contributed by atoms with van der Waals surface area (Å²) in [4.78, 5) is 20.4. The number of nitrogens with two attached hydrogens (primary N) is 2. The first kappa shape index (κ1) is 23.1. The van der Waals surface area contributed by atoms with Crippen LogP contribution < -0.4 is 11.5 Å². The Labute approximate surface area is 154 Å². The number of carboxylic acids is 1. The van der Waals surface area contributed by atoms with Crippen LogP contribution in [-0.2, 0) is 16.0 Å². The molecule has 0 radical (unpaired) electrons. The van der Waals surface area contributed by atoms with Gasteiger partial charge in [-0.15, -0.1) is 0 Å². The summed E-state index contributed by atoms with van der Waals surface area (Å²) in [5.41, 5.74) is 11.0. The molecule has 6 nitrogen and oxygen atoms in total. The maximum atomic E-state index is 10.4. The van der Waals surface area contributed by atoms with Gasteiger partial charge in [0.25, 0.3) is 0 Å². The van der Waals surface area contributed by atoms with Crippen molar-refractivity contribution in [2.75, 3.05) is 0 Å². The third-order valence-corrected chi connectivity index (χ3v) is 3.15. The fourth-order valence-electron chi connectivity index (χ4n) is 1.71. The largest absolute Gasteiger partial charge is 0.508 e. The van der Waals surface area contributed by atoms with Gasteiger partial charge in [0.15, 0.2) is 0 Å². The molecule has 1 unspecified atom stereocenters. The topological polar surface area (TPSA) is 127 Å². The highest BCUT2D eigenvalue weighted by Gasteiger charge is 2.11. The number of hydrogen-bond acceptors (Lipinski definition) is 4. The maximum absolute atomic E-state index is 10.4. The van der Waals surface area contributed by atoms with Gasteiger partial charge in [0.1, 0.15) is 11.8 Å². The lowest BCUT2D eigenvalue weighted by Gasteiger charge is -2.05. The number of hydrogen-bond donors (Lipinski definition) is 4. The third-order valence-electron chi connectivity index (χ3n) is 3.15. The molecule has 6 N–H and O–H groups in total. The molecule has 0 aromatic heterocycles. The highest BCUT2D eigenvalue weighted by atomic mass is 16.4. The monoisotopic (exact) mass is 360 g/mol. The van der Waals surface area contributed by atoms with E-state index in [0.717, 1.165) is 18.4 Å². The van der Waals surface area contributed by atoms with E-state index >= 15 is 0 Å². The predicted molar refractivity (Wildman–Crippen MR) is 103 cm³/mol. The first-order valence-corrected chi connectivity index (χ1v) is 8.41. The molecule has 0 aliphatic heterocycles. The lowest BCUT2D eigenvalue weighted by Crippen LogP contribution is -2.32. The zero-order valence-electron chi connectivity index (χ0n) is 15.0. The zero-order valence-corrected chi connectivity index (χ0v) is 15.0. The lowest BCUT2D eigenvalue weighted by atomic mass is 10.1.